The molecular weight excluding hydrogens is 1660 g/mol. The lowest BCUT2D eigenvalue weighted by Crippen LogP contribution is -2.33. The predicted molar refractivity (Wildman–Crippen MR) is 406 cm³/mol. The number of imidazole rings is 2. The Bertz CT molecular complexity index is 5280. The van der Waals surface area contributed by atoms with Crippen molar-refractivity contribution in [3.8, 4) is 0 Å². The van der Waals surface area contributed by atoms with E-state index in [1.807, 2.05) is 13.8 Å². The van der Waals surface area contributed by atoms with E-state index in [4.69, 9.17) is 145 Å². The number of fused-ring (bicyclic) bond motifs is 2. The summed E-state index contributed by atoms with van der Waals surface area (Å²) in [4.78, 5) is 168. The Morgan fingerprint density at radius 3 is 1.22 bits per heavy atom. The number of hydrogen-bond donors (Lipinski definition) is 12. The van der Waals surface area contributed by atoms with Crippen LogP contribution in [0.4, 0.5) is 17.7 Å². The highest BCUT2D eigenvalue weighted by molar-refractivity contribution is 8.60. The fourth-order valence-electron chi connectivity index (χ4n) is 12.8. The first kappa shape index (κ1) is 83.6. The van der Waals surface area contributed by atoms with E-state index in [9.17, 15) is 53.1 Å². The smallest absolute Gasteiger partial charge is 0.351 e. The maximum Gasteiger partial charge on any atom is 0.351 e. The molecule has 0 radical (unpaired) electrons. The lowest BCUT2D eigenvalue weighted by molar-refractivity contribution is -0.0560. The van der Waals surface area contributed by atoms with Crippen LogP contribution in [0, 0.1) is 25.7 Å². The second-order valence-electron chi connectivity index (χ2n) is 26.3. The number of aromatic nitrogens is 14. The van der Waals surface area contributed by atoms with E-state index in [1.165, 1.54) is 64.9 Å². The van der Waals surface area contributed by atoms with Crippen LogP contribution in [-0.2, 0) is 128 Å². The van der Waals surface area contributed by atoms with Gasteiger partial charge in [0.2, 0.25) is 17.6 Å². The molecule has 5 aliphatic rings. The third-order valence-electron chi connectivity index (χ3n) is 17.9. The van der Waals surface area contributed by atoms with Gasteiger partial charge in [-0.25, -0.2) is 24.4 Å². The van der Waals surface area contributed by atoms with Crippen molar-refractivity contribution < 1.29 is 88.5 Å². The van der Waals surface area contributed by atoms with Crippen LogP contribution < -0.4 is 56.5 Å². The van der Waals surface area contributed by atoms with E-state index in [0.29, 0.717) is 6.42 Å². The highest BCUT2D eigenvalue weighted by atomic mass is 32.9. The van der Waals surface area contributed by atoms with Gasteiger partial charge in [0, 0.05) is 55.4 Å². The molecule has 5 aliphatic heterocycles. The van der Waals surface area contributed by atoms with E-state index in [0.717, 1.165) is 9.13 Å². The van der Waals surface area contributed by atoms with Crippen LogP contribution in [0.1, 0.15) is 102 Å². The number of nitrogens with zero attached hydrogens (tertiary/aromatic N) is 10. The molecule has 12 rings (SSSR count). The standard InChI is InChI=1S/C55H76N17O26P5S6/c1-23(2)27-9-38(68-8-7-37(56)61-53(68)77)89-32(27)16-84-99(80,104)95-28-10-39(69-14-25(5)47(73)66-54(69)78)90-33(28)17-85-101(82,106)97-30-12-41(71-21-59-43-45(71)62-51(57)64-49(43)75)92-35(30)19-87-100(81,105)96-29-11-40(70-15-26(6)48(74)67-55(70)79)91-34(29)18-86-102(83,107)98-31-13-42(93-36(31)20-88-103(108,109)94-24(3)4)72-22-60-44-46(72)63-52(58)65-50(44)76/h7-8,14-15,21-24,27-36,38-42H,9-13,16-20H2,1-6H3,(H,80,104)(H,81,105)(H,82,106)(H,83,107)(H,108,109)(H2,56,61,77)(H,66,73,78)(H,67,74,79)(H3,57,62,64,75)(H3,58,63,65,76)/t27?,28?,29?,30?,31?,32-,33-,34-,35-,36-,38-,39-,40-,41-,42-,99?,100?,101?,102?/m1/s1. The van der Waals surface area contributed by atoms with E-state index >= 15 is 0 Å². The Kier molecular flexibility index (Phi) is 25.7. The van der Waals surface area contributed by atoms with Crippen molar-refractivity contribution in [2.24, 2.45) is 11.8 Å². The summed E-state index contributed by atoms with van der Waals surface area (Å²) in [7, 11) is 0. The van der Waals surface area contributed by atoms with Gasteiger partial charge in [0.25, 0.3) is 22.2 Å². The number of nitrogens with two attached hydrogens (primary N) is 3. The Hall–Kier alpha value is -4.82. The molecule has 43 nitrogen and oxygen atoms in total. The molecule has 0 spiro atoms. The number of nitrogen functional groups attached to an aromatic ring is 3. The summed E-state index contributed by atoms with van der Waals surface area (Å²) in [6.45, 7) is -10.5. The number of thiol groups is 1. The Morgan fingerprint density at radius 1 is 0.505 bits per heavy atom. The van der Waals surface area contributed by atoms with Gasteiger partial charge < -0.3 is 106 Å². The fraction of sp³-hybridized carbons (Fsp3) is 0.600. The van der Waals surface area contributed by atoms with Crippen molar-refractivity contribution in [3.05, 3.63) is 121 Å². The first-order chi connectivity index (χ1) is 51.2. The molecule has 20 atom stereocenters. The molecular formula is C55H76N17O26P5S6. The van der Waals surface area contributed by atoms with Gasteiger partial charge in [-0.2, -0.15) is 15.0 Å². The van der Waals surface area contributed by atoms with E-state index in [-0.39, 0.29) is 108 Å². The largest absolute Gasteiger partial charge is 0.383 e. The lowest BCUT2D eigenvalue weighted by atomic mass is 9.89. The minimum Gasteiger partial charge on any atom is -0.383 e. The number of anilines is 3. The molecule has 12 heterocycles. The number of rotatable bonds is 31. The summed E-state index contributed by atoms with van der Waals surface area (Å²) in [5, 5.41) is 0. The minimum absolute atomic E-state index is 0.0131. The first-order valence-electron chi connectivity index (χ1n) is 33.2. The topological polar surface area (TPSA) is 569 Å². The van der Waals surface area contributed by atoms with Crippen LogP contribution in [0.25, 0.3) is 22.3 Å². The Morgan fingerprint density at radius 2 is 0.853 bits per heavy atom. The Balaban J connectivity index is 0.758. The normalized spacial score (nSPS) is 28.8. The van der Waals surface area contributed by atoms with Gasteiger partial charge in [-0.15, -0.1) is 0 Å². The van der Waals surface area contributed by atoms with Crippen LogP contribution in [0.15, 0.2) is 70.9 Å². The third kappa shape index (κ3) is 20.1. The summed E-state index contributed by atoms with van der Waals surface area (Å²) in [5.74, 6) is -0.710. The van der Waals surface area contributed by atoms with Gasteiger partial charge in [-0.3, -0.25) is 61.9 Å². The molecule has 10 unspecified atom stereocenters. The average molecular weight is 1740 g/mol. The lowest BCUT2D eigenvalue weighted by Gasteiger charge is -2.28. The third-order valence-corrected chi connectivity index (χ3v) is 26.6. The maximum atomic E-state index is 13.4. The van der Waals surface area contributed by atoms with Gasteiger partial charge in [-0.05, 0) is 111 Å². The van der Waals surface area contributed by atoms with Crippen LogP contribution in [0.5, 0.6) is 0 Å². The number of aromatic amines is 4. The summed E-state index contributed by atoms with van der Waals surface area (Å²) in [6.07, 6.45) is -11.2. The van der Waals surface area contributed by atoms with E-state index < -0.39 is 178 Å². The maximum absolute atomic E-state index is 13.4. The highest BCUT2D eigenvalue weighted by Gasteiger charge is 2.49. The van der Waals surface area contributed by atoms with Gasteiger partial charge in [0.05, 0.1) is 82.3 Å². The molecule has 0 amide bonds. The van der Waals surface area contributed by atoms with Gasteiger partial charge in [-0.1, -0.05) is 26.1 Å². The average Bonchev–Trinajstić information content (AvgIpc) is 1.63. The summed E-state index contributed by atoms with van der Waals surface area (Å²) in [5.41, 5.74) is 9.26. The van der Waals surface area contributed by atoms with E-state index in [1.54, 1.807) is 13.8 Å². The zero-order chi connectivity index (χ0) is 78.7. The highest BCUT2D eigenvalue weighted by Crippen LogP contribution is 2.58. The van der Waals surface area contributed by atoms with Crippen LogP contribution >= 0.6 is 44.8 Å². The summed E-state index contributed by atoms with van der Waals surface area (Å²) < 4.78 is 97.9. The quantitative estimate of drug-likeness (QED) is 0.0217. The number of ether oxygens (including phenoxy) is 5. The second kappa shape index (κ2) is 33.6. The molecule has 7 aromatic rings. The first-order valence-corrected chi connectivity index (χ1v) is 47.3. The minimum atomic E-state index is -4.63. The Labute approximate surface area is 645 Å². The van der Waals surface area contributed by atoms with Crippen molar-refractivity contribution in [2.45, 2.75) is 166 Å². The van der Waals surface area contributed by atoms with Gasteiger partial charge in [0.15, 0.2) is 22.3 Å². The molecule has 0 bridgehead atoms. The van der Waals surface area contributed by atoms with Crippen LogP contribution in [-0.4, -0.2) is 181 Å². The molecule has 0 saturated carbocycles. The number of H-pyrrole nitrogens is 4. The van der Waals surface area contributed by atoms with Crippen LogP contribution in [0.2, 0.25) is 0 Å². The second-order valence-corrected chi connectivity index (χ2v) is 42.7. The predicted octanol–water partition coefficient (Wildman–Crippen LogP) is 1.75. The molecule has 14 N–H and O–H groups in total. The zero-order valence-corrected chi connectivity index (χ0v) is 67.5. The van der Waals surface area contributed by atoms with Gasteiger partial charge >= 0.3 is 43.9 Å². The fourth-order valence-corrected chi connectivity index (χ4v) is 21.1. The number of aryl methyl sites for hydroxylation is 2. The molecule has 7 aromatic heterocycles. The van der Waals surface area contributed by atoms with Crippen molar-refractivity contribution >= 4 is 144 Å². The molecule has 54 heteroatoms. The van der Waals surface area contributed by atoms with Crippen molar-refractivity contribution in [2.75, 3.05) is 50.2 Å². The molecule has 5 fully saturated rings. The zero-order valence-electron chi connectivity index (χ0n) is 58.0. The molecule has 0 aliphatic carbocycles. The summed E-state index contributed by atoms with van der Waals surface area (Å²) >= 11 is 32.4. The van der Waals surface area contributed by atoms with Crippen molar-refractivity contribution in [1.82, 2.24) is 67.7 Å². The van der Waals surface area contributed by atoms with E-state index in [2.05, 4.69) is 57.1 Å². The van der Waals surface area contributed by atoms with Crippen molar-refractivity contribution in [1.29, 1.82) is 0 Å². The molecule has 598 valence electrons. The van der Waals surface area contributed by atoms with Gasteiger partial charge in [0.1, 0.15) is 61.4 Å². The molecule has 0 aromatic carbocycles. The van der Waals surface area contributed by atoms with Crippen LogP contribution in [0.3, 0.4) is 0 Å². The monoisotopic (exact) mass is 1740 g/mol. The molecule has 109 heavy (non-hydrogen) atoms. The number of nitrogens with one attached hydrogen (secondary N) is 4. The SMILES string of the molecule is Cc1cn([C@H]2CC(OP(O)(=S)OC[C@H]3O[C@@H](n4ccc(N)nc4=O)CC3C(C)C)[C@@H](COP(O)(=S)OC3C[C@H](n4cnc5c(=O)[nH]c(N)nc54)O[C@@H]3COP(O)(=S)OC3C[C@H](n4cc(C)c(=O)[nH]c4=O)O[C@@H]3COP(O)(=S)OC3C[C@H](n4cnc5c(=O)[nH]c(N)nc54)O[C@@H]3COP(=S)(S)OC(C)C)O2)c(=O)[nH]c1=O. The van der Waals surface area contributed by atoms with Crippen molar-refractivity contribution in [3.63, 3.8) is 0 Å². The number of hydrogen-bond acceptors (Lipinski definition) is 35. The molecule has 5 saturated heterocycles. The summed E-state index contributed by atoms with van der Waals surface area (Å²) in [6, 6.07) is 1.45.